The van der Waals surface area contributed by atoms with Crippen LogP contribution in [0.15, 0.2) is 83.8 Å². The Bertz CT molecular complexity index is 1090. The number of hydrogen-bond acceptors (Lipinski definition) is 3. The van der Waals surface area contributed by atoms with Crippen molar-refractivity contribution in [3.8, 4) is 0 Å². The predicted molar refractivity (Wildman–Crippen MR) is 150 cm³/mol. The van der Waals surface area contributed by atoms with Crippen molar-refractivity contribution in [2.75, 3.05) is 12.3 Å². The average Bonchev–Trinajstić information content (AvgIpc) is 2.89. The van der Waals surface area contributed by atoms with Gasteiger partial charge in [-0.05, 0) is 48.7 Å². The van der Waals surface area contributed by atoms with Gasteiger partial charge >= 0.3 is 0 Å². The Morgan fingerprint density at radius 2 is 1.64 bits per heavy atom. The van der Waals surface area contributed by atoms with Crippen molar-refractivity contribution in [1.29, 1.82) is 0 Å². The van der Waals surface area contributed by atoms with E-state index < -0.39 is 6.04 Å². The van der Waals surface area contributed by atoms with Crippen LogP contribution in [0.2, 0.25) is 5.02 Å². The first-order valence-corrected chi connectivity index (χ1v) is 13.9. The number of nitrogens with zero attached hydrogens (tertiary/aromatic N) is 1. The molecule has 0 aliphatic carbocycles. The van der Waals surface area contributed by atoms with Gasteiger partial charge in [0.05, 0.1) is 0 Å². The second kappa shape index (κ2) is 14.7. The number of halogens is 1. The summed E-state index contributed by atoms with van der Waals surface area (Å²) in [6, 6.07) is 25.1. The number of rotatable bonds is 13. The fourth-order valence-corrected chi connectivity index (χ4v) is 4.85. The lowest BCUT2D eigenvalue weighted by molar-refractivity contribution is -0.141. The lowest BCUT2D eigenvalue weighted by Gasteiger charge is -2.31. The molecule has 36 heavy (non-hydrogen) atoms. The van der Waals surface area contributed by atoms with Gasteiger partial charge in [0.2, 0.25) is 11.8 Å². The summed E-state index contributed by atoms with van der Waals surface area (Å²) in [4.78, 5) is 29.9. The van der Waals surface area contributed by atoms with Crippen molar-refractivity contribution in [2.24, 2.45) is 0 Å². The quantitative estimate of drug-likeness (QED) is 0.201. The second-order valence-corrected chi connectivity index (χ2v) is 10.5. The van der Waals surface area contributed by atoms with Crippen LogP contribution < -0.4 is 5.32 Å². The van der Waals surface area contributed by atoms with Crippen LogP contribution >= 0.6 is 23.4 Å². The molecule has 0 saturated heterocycles. The van der Waals surface area contributed by atoms with Crippen LogP contribution in [0.5, 0.6) is 0 Å². The molecule has 190 valence electrons. The van der Waals surface area contributed by atoms with Crippen LogP contribution in [0.3, 0.4) is 0 Å². The number of hydrogen-bond donors (Lipinski definition) is 1. The van der Waals surface area contributed by atoms with Gasteiger partial charge < -0.3 is 10.2 Å². The summed E-state index contributed by atoms with van der Waals surface area (Å²) >= 11 is 7.75. The van der Waals surface area contributed by atoms with Crippen molar-refractivity contribution in [3.63, 3.8) is 0 Å². The molecule has 0 aliphatic rings. The summed E-state index contributed by atoms with van der Waals surface area (Å²) < 4.78 is 0. The van der Waals surface area contributed by atoms with Gasteiger partial charge in [-0.2, -0.15) is 0 Å². The number of nitrogens with one attached hydrogen (secondary N) is 1. The van der Waals surface area contributed by atoms with Gasteiger partial charge in [-0.3, -0.25) is 9.59 Å². The molecule has 6 heteroatoms. The fraction of sp³-hybridized carbons (Fsp3) is 0.333. The van der Waals surface area contributed by atoms with Crippen molar-refractivity contribution in [3.05, 3.63) is 101 Å². The number of unbranched alkanes of at least 4 members (excludes halogenated alkanes) is 1. The summed E-state index contributed by atoms with van der Waals surface area (Å²) in [5.74, 6) is 0.506. The summed E-state index contributed by atoms with van der Waals surface area (Å²) in [6.07, 6.45) is 2.71. The van der Waals surface area contributed by atoms with Gasteiger partial charge in [0, 0.05) is 41.6 Å². The third-order valence-corrected chi connectivity index (χ3v) is 7.24. The maximum Gasteiger partial charge on any atom is 0.243 e. The van der Waals surface area contributed by atoms with Crippen LogP contribution in [0.4, 0.5) is 0 Å². The number of amides is 2. The van der Waals surface area contributed by atoms with Gasteiger partial charge in [-0.15, -0.1) is 11.8 Å². The molecule has 3 rings (SSSR count). The van der Waals surface area contributed by atoms with Gasteiger partial charge in [0.1, 0.15) is 6.04 Å². The van der Waals surface area contributed by atoms with E-state index in [0.29, 0.717) is 36.7 Å². The van der Waals surface area contributed by atoms with Crippen LogP contribution in [-0.2, 0) is 22.6 Å². The molecule has 1 N–H and O–H groups in total. The Hall–Kier alpha value is -2.76. The lowest BCUT2D eigenvalue weighted by atomic mass is 10.0. The fourth-order valence-electron chi connectivity index (χ4n) is 3.88. The van der Waals surface area contributed by atoms with E-state index in [0.717, 1.165) is 28.9 Å². The Balaban J connectivity index is 1.81. The van der Waals surface area contributed by atoms with E-state index in [1.807, 2.05) is 54.6 Å². The summed E-state index contributed by atoms with van der Waals surface area (Å²) in [6.45, 7) is 5.11. The monoisotopic (exact) mass is 522 g/mol. The first kappa shape index (κ1) is 27.8. The van der Waals surface area contributed by atoms with Crippen molar-refractivity contribution in [2.45, 2.75) is 57.0 Å². The van der Waals surface area contributed by atoms with Crippen molar-refractivity contribution >= 4 is 35.2 Å². The van der Waals surface area contributed by atoms with Crippen molar-refractivity contribution in [1.82, 2.24) is 10.2 Å². The molecule has 0 spiro atoms. The highest BCUT2D eigenvalue weighted by Crippen LogP contribution is 2.22. The van der Waals surface area contributed by atoms with Gasteiger partial charge in [0.15, 0.2) is 0 Å². The number of carbonyl (C=O) groups is 2. The highest BCUT2D eigenvalue weighted by atomic mass is 35.5. The number of aryl methyl sites for hydroxylation is 1. The highest BCUT2D eigenvalue weighted by Gasteiger charge is 2.30. The smallest absolute Gasteiger partial charge is 0.243 e. The molecule has 4 nitrogen and oxygen atoms in total. The molecule has 3 aromatic carbocycles. The minimum absolute atomic E-state index is 0.0314. The largest absolute Gasteiger partial charge is 0.354 e. The highest BCUT2D eigenvalue weighted by molar-refractivity contribution is 7.99. The molecule has 0 radical (unpaired) electrons. The molecule has 0 aromatic heterocycles. The summed E-state index contributed by atoms with van der Waals surface area (Å²) in [5.41, 5.74) is 3.18. The third kappa shape index (κ3) is 9.03. The van der Waals surface area contributed by atoms with Crippen molar-refractivity contribution < 1.29 is 9.59 Å². The standard InChI is InChI=1S/C30H35ClN2O2S/c1-3-4-19-32-30(35)28(21-24-8-6-5-7-9-24)33(22-25-12-14-26(31)15-13-25)29(34)18-20-36-27-16-10-23(2)11-17-27/h5-17,28H,3-4,18-22H2,1-2H3,(H,32,35). The molecule has 0 fully saturated rings. The molecule has 3 aromatic rings. The van der Waals surface area contributed by atoms with E-state index in [-0.39, 0.29) is 11.8 Å². The topological polar surface area (TPSA) is 49.4 Å². The van der Waals surface area contributed by atoms with E-state index in [1.165, 1.54) is 5.56 Å². The van der Waals surface area contributed by atoms with Crippen LogP contribution in [0.25, 0.3) is 0 Å². The maximum atomic E-state index is 13.6. The normalized spacial score (nSPS) is 11.6. The van der Waals surface area contributed by atoms with E-state index in [4.69, 9.17) is 11.6 Å². The first-order chi connectivity index (χ1) is 17.5. The zero-order chi connectivity index (χ0) is 25.8. The molecular weight excluding hydrogens is 488 g/mol. The predicted octanol–water partition coefficient (Wildman–Crippen LogP) is 6.69. The molecule has 2 amide bonds. The zero-order valence-electron chi connectivity index (χ0n) is 21.1. The lowest BCUT2D eigenvalue weighted by Crippen LogP contribution is -2.50. The molecule has 0 heterocycles. The minimum Gasteiger partial charge on any atom is -0.354 e. The van der Waals surface area contributed by atoms with Crippen LogP contribution in [-0.4, -0.2) is 35.1 Å². The maximum absolute atomic E-state index is 13.6. The number of benzene rings is 3. The second-order valence-electron chi connectivity index (χ2n) is 8.91. The molecule has 0 aliphatic heterocycles. The molecule has 1 atom stereocenters. The Morgan fingerprint density at radius 3 is 2.31 bits per heavy atom. The summed E-state index contributed by atoms with van der Waals surface area (Å²) in [5, 5.41) is 3.71. The Labute approximate surface area is 224 Å². The SMILES string of the molecule is CCCCNC(=O)C(Cc1ccccc1)N(Cc1ccc(Cl)cc1)C(=O)CCSc1ccc(C)cc1. The molecule has 0 bridgehead atoms. The van der Waals surface area contributed by atoms with Gasteiger partial charge in [-0.25, -0.2) is 0 Å². The van der Waals surface area contributed by atoms with Gasteiger partial charge in [-0.1, -0.05) is 85.1 Å². The van der Waals surface area contributed by atoms with E-state index in [2.05, 4.69) is 43.4 Å². The van der Waals surface area contributed by atoms with E-state index in [1.54, 1.807) is 16.7 Å². The van der Waals surface area contributed by atoms with Gasteiger partial charge in [0.25, 0.3) is 0 Å². The zero-order valence-corrected chi connectivity index (χ0v) is 22.7. The number of thioether (sulfide) groups is 1. The Kier molecular flexibility index (Phi) is 11.4. The van der Waals surface area contributed by atoms with E-state index >= 15 is 0 Å². The molecule has 1 unspecified atom stereocenters. The Morgan fingerprint density at radius 1 is 0.944 bits per heavy atom. The van der Waals surface area contributed by atoms with E-state index in [9.17, 15) is 9.59 Å². The van der Waals surface area contributed by atoms with Crippen LogP contribution in [0, 0.1) is 6.92 Å². The minimum atomic E-state index is -0.600. The molecular formula is C30H35ClN2O2S. The first-order valence-electron chi connectivity index (χ1n) is 12.5. The van der Waals surface area contributed by atoms with Crippen LogP contribution in [0.1, 0.15) is 42.9 Å². The third-order valence-electron chi connectivity index (χ3n) is 5.97. The average molecular weight is 523 g/mol. The number of carbonyl (C=O) groups excluding carboxylic acids is 2. The summed E-state index contributed by atoms with van der Waals surface area (Å²) in [7, 11) is 0. The molecule has 0 saturated carbocycles.